The Morgan fingerprint density at radius 3 is 1.10 bits per heavy atom. The number of hydrogen-bond acceptors (Lipinski definition) is 6. The van der Waals surface area contributed by atoms with Crippen LogP contribution in [-0.4, -0.2) is 28.6 Å². The number of carbonyl (C=O) groups is 2. The Balaban J connectivity index is -0.000000398. The maximum Gasteiger partial charge on any atom is 2.00 e. The molecule has 4 rings (SSSR count). The SMILES string of the molecule is O=C1[N-]S(=O)(=O)c2ccccc21.O=C1[N-]S(=O)(=O)c2ccccc21.[Co+2].[OH3+].[OH3+].[OH3+].[OH3+]. The van der Waals surface area contributed by atoms with Crippen molar-refractivity contribution >= 4 is 31.9 Å². The summed E-state index contributed by atoms with van der Waals surface area (Å²) in [4.78, 5) is 21.9. The van der Waals surface area contributed by atoms with Crippen molar-refractivity contribution < 1.29 is 65.1 Å². The Morgan fingerprint density at radius 1 is 0.552 bits per heavy atom. The van der Waals surface area contributed by atoms with Crippen LogP contribution < -0.4 is 0 Å². The minimum Gasteiger partial charge on any atom is -0.537 e. The summed E-state index contributed by atoms with van der Waals surface area (Å²) in [5, 5.41) is 0. The zero-order valence-corrected chi connectivity index (χ0v) is 17.1. The zero-order chi connectivity index (χ0) is 17.5. The first-order valence-corrected chi connectivity index (χ1v) is 9.33. The third-order valence-corrected chi connectivity index (χ3v) is 5.83. The van der Waals surface area contributed by atoms with Gasteiger partial charge in [0.15, 0.2) is 0 Å². The van der Waals surface area contributed by atoms with E-state index in [1.165, 1.54) is 24.3 Å². The average Bonchev–Trinajstić information content (AvgIpc) is 2.91. The number of fused-ring (bicyclic) bond motifs is 2. The average molecular weight is 499 g/mol. The Morgan fingerprint density at radius 2 is 0.828 bits per heavy atom. The second-order valence-electron chi connectivity index (χ2n) is 4.74. The molecule has 0 atom stereocenters. The van der Waals surface area contributed by atoms with Gasteiger partial charge in [0.2, 0.25) is 0 Å². The summed E-state index contributed by atoms with van der Waals surface area (Å²) >= 11 is 0. The molecule has 2 aliphatic heterocycles. The normalized spacial score (nSPS) is 15.3. The fourth-order valence-corrected chi connectivity index (χ4v) is 4.35. The van der Waals surface area contributed by atoms with Gasteiger partial charge in [-0.1, -0.05) is 36.4 Å². The first kappa shape index (κ1) is 31.3. The quantitative estimate of drug-likeness (QED) is 0.374. The molecule has 0 fully saturated rings. The van der Waals surface area contributed by atoms with Gasteiger partial charge in [0.05, 0.1) is 21.6 Å². The van der Waals surface area contributed by atoms with Crippen LogP contribution in [0.15, 0.2) is 58.3 Å². The second-order valence-corrected chi connectivity index (χ2v) is 7.88. The molecule has 2 aromatic rings. The summed E-state index contributed by atoms with van der Waals surface area (Å²) in [5.74, 6) is -1.35. The van der Waals surface area contributed by atoms with Crippen molar-refractivity contribution in [1.82, 2.24) is 0 Å². The number of benzene rings is 2. The molecule has 2 aliphatic rings. The van der Waals surface area contributed by atoms with Gasteiger partial charge in [-0.2, -0.15) is 0 Å². The van der Waals surface area contributed by atoms with Crippen molar-refractivity contribution in [2.75, 3.05) is 0 Å². The maximum atomic E-state index is 11.1. The van der Waals surface area contributed by atoms with Crippen molar-refractivity contribution in [3.63, 3.8) is 0 Å². The van der Waals surface area contributed by atoms with Gasteiger partial charge in [-0.25, -0.2) is 16.8 Å². The fraction of sp³-hybridized carbons (Fsp3) is 0. The van der Waals surface area contributed by atoms with Crippen molar-refractivity contribution in [2.45, 2.75) is 9.79 Å². The van der Waals surface area contributed by atoms with Crippen LogP contribution in [0.4, 0.5) is 0 Å². The predicted molar refractivity (Wildman–Crippen MR) is 102 cm³/mol. The molecule has 12 N–H and O–H groups in total. The van der Waals surface area contributed by atoms with E-state index in [2.05, 4.69) is 9.44 Å². The maximum absolute atomic E-state index is 11.1. The van der Waals surface area contributed by atoms with Crippen LogP contribution in [-0.2, 0) is 58.7 Å². The van der Waals surface area contributed by atoms with Gasteiger partial charge in [-0.3, -0.25) is 0 Å². The standard InChI is InChI=1S/2C7H5NO3S.Co.4H2O/c2*9-7-5-3-1-2-4-6(5)12(10,11)8-7;;;;;/h2*1-4H,(H,8,9);;4*1H2/q;;+2;;;;/p+2. The van der Waals surface area contributed by atoms with Gasteiger partial charge in [0.25, 0.3) is 0 Å². The number of nitrogens with zero attached hydrogens (tertiary/aromatic N) is 2. The van der Waals surface area contributed by atoms with Crippen molar-refractivity contribution in [1.29, 1.82) is 0 Å². The van der Waals surface area contributed by atoms with E-state index >= 15 is 0 Å². The number of amides is 2. The van der Waals surface area contributed by atoms with Gasteiger partial charge in [0.1, 0.15) is 20.0 Å². The molecule has 163 valence electrons. The van der Waals surface area contributed by atoms with Crippen LogP contribution in [0.1, 0.15) is 20.7 Å². The van der Waals surface area contributed by atoms with E-state index in [0.717, 1.165) is 0 Å². The minimum absolute atomic E-state index is 0. The van der Waals surface area contributed by atoms with Crippen LogP contribution in [0, 0.1) is 0 Å². The minimum atomic E-state index is -3.68. The molecule has 2 heterocycles. The van der Waals surface area contributed by atoms with Crippen LogP contribution in [0.5, 0.6) is 0 Å². The molecule has 0 bridgehead atoms. The monoisotopic (exact) mass is 499 g/mol. The fourth-order valence-electron chi connectivity index (χ4n) is 2.15. The second kappa shape index (κ2) is 11.0. The van der Waals surface area contributed by atoms with Crippen molar-refractivity contribution in [3.8, 4) is 0 Å². The number of carbonyl (C=O) groups excluding carboxylic acids is 2. The summed E-state index contributed by atoms with van der Waals surface area (Å²) in [6.07, 6.45) is 0. The summed E-state index contributed by atoms with van der Waals surface area (Å²) in [7, 11) is -7.36. The van der Waals surface area contributed by atoms with E-state index in [1.807, 2.05) is 0 Å². The van der Waals surface area contributed by atoms with E-state index < -0.39 is 31.9 Å². The first-order chi connectivity index (χ1) is 11.2. The van der Waals surface area contributed by atoms with Crippen LogP contribution in [0.3, 0.4) is 0 Å². The van der Waals surface area contributed by atoms with E-state index in [9.17, 15) is 26.4 Å². The van der Waals surface area contributed by atoms with Gasteiger partial charge < -0.3 is 40.9 Å². The van der Waals surface area contributed by atoms with E-state index in [4.69, 9.17) is 0 Å². The molecule has 0 saturated carbocycles. The van der Waals surface area contributed by atoms with Gasteiger partial charge in [0, 0.05) is 11.1 Å². The molecule has 0 saturated heterocycles. The summed E-state index contributed by atoms with van der Waals surface area (Å²) in [6.45, 7) is 0. The Labute approximate surface area is 175 Å². The summed E-state index contributed by atoms with van der Waals surface area (Å²) in [6, 6.07) is 12.0. The van der Waals surface area contributed by atoms with Crippen LogP contribution in [0.25, 0.3) is 9.44 Å². The van der Waals surface area contributed by atoms with Gasteiger partial charge in [-0.15, -0.1) is 0 Å². The first-order valence-electron chi connectivity index (χ1n) is 6.45. The molecule has 0 spiro atoms. The summed E-state index contributed by atoms with van der Waals surface area (Å²) in [5.41, 5.74) is 0.329. The largest absolute Gasteiger partial charge is 2.00 e. The number of sulfonamides is 2. The molecule has 1 radical (unpaired) electrons. The van der Waals surface area contributed by atoms with E-state index in [-0.39, 0.29) is 59.6 Å². The number of hydrogen-bond donors (Lipinski definition) is 0. The molecule has 0 aromatic heterocycles. The van der Waals surface area contributed by atoms with Crippen LogP contribution in [0.2, 0.25) is 0 Å². The Kier molecular flexibility index (Phi) is 11.9. The third-order valence-electron chi connectivity index (χ3n) is 3.20. The molecule has 2 amide bonds. The van der Waals surface area contributed by atoms with Crippen LogP contribution >= 0.6 is 0 Å². The zero-order valence-electron chi connectivity index (χ0n) is 14.4. The van der Waals surface area contributed by atoms with E-state index in [0.29, 0.717) is 0 Å². The van der Waals surface area contributed by atoms with Crippen molar-refractivity contribution in [2.24, 2.45) is 0 Å². The molecular formula is C14H20CoN2O10S2+4. The van der Waals surface area contributed by atoms with Gasteiger partial charge >= 0.3 is 16.8 Å². The molecule has 29 heavy (non-hydrogen) atoms. The Bertz CT molecular complexity index is 1000. The molecule has 0 aliphatic carbocycles. The van der Waals surface area contributed by atoms with Gasteiger partial charge in [-0.05, 0) is 12.1 Å². The van der Waals surface area contributed by atoms with E-state index in [1.54, 1.807) is 24.3 Å². The third kappa shape index (κ3) is 5.81. The predicted octanol–water partition coefficient (Wildman–Crippen LogP) is -1.88. The summed E-state index contributed by atoms with van der Waals surface area (Å²) < 4.78 is 50.3. The van der Waals surface area contributed by atoms with Crippen molar-refractivity contribution in [3.05, 3.63) is 69.1 Å². The molecule has 2 aromatic carbocycles. The molecule has 12 nitrogen and oxygen atoms in total. The topological polar surface area (TPSA) is 263 Å². The molecule has 15 heteroatoms. The number of rotatable bonds is 0. The molecule has 0 unspecified atom stereocenters. The smallest absolute Gasteiger partial charge is 0.537 e. The molecular weight excluding hydrogens is 479 g/mol. The Hall–Kier alpha value is -2.37.